The summed E-state index contributed by atoms with van der Waals surface area (Å²) in [6, 6.07) is 5.70. The Balaban J connectivity index is 0.000000590. The molecule has 1 aromatic carbocycles. The van der Waals surface area contributed by atoms with E-state index in [-0.39, 0.29) is 26.4 Å². The third-order valence-corrected chi connectivity index (χ3v) is 5.01. The Morgan fingerprint density at radius 2 is 1.38 bits per heavy atom. The summed E-state index contributed by atoms with van der Waals surface area (Å²) in [6.07, 6.45) is 0. The van der Waals surface area contributed by atoms with Gasteiger partial charge in [0.15, 0.2) is 0 Å². The Bertz CT molecular complexity index is 619. The zero-order chi connectivity index (χ0) is 20.6. The third-order valence-electron chi connectivity index (χ3n) is 3.31. The van der Waals surface area contributed by atoms with E-state index in [2.05, 4.69) is 4.31 Å². The quantitative estimate of drug-likeness (QED) is 0.277. The molecule has 1 aromatic rings. The summed E-state index contributed by atoms with van der Waals surface area (Å²) in [4.78, 5) is 31.0. The van der Waals surface area contributed by atoms with E-state index in [9.17, 15) is 24.4 Å². The average molecular weight is 418 g/mol. The standard InChI is InChI=1S/C13H20O4.H4O7P2/c1-10-4-3-5-12(11(10)2)17-9-13(6-14,7-15)8-16;1-8(2,3)7-9(4,5)6/h3-5,14-16H,6-9H2,1-2H3;(H2,1,2,3)(H2,4,5,6). The van der Waals surface area contributed by atoms with Gasteiger partial charge in [-0.1, -0.05) is 12.1 Å². The summed E-state index contributed by atoms with van der Waals surface area (Å²) in [7, 11) is -10.1. The molecule has 7 N–H and O–H groups in total. The highest BCUT2D eigenvalue weighted by molar-refractivity contribution is 7.60. The zero-order valence-electron chi connectivity index (χ0n) is 14.2. The van der Waals surface area contributed by atoms with Crippen molar-refractivity contribution in [1.29, 1.82) is 0 Å². The summed E-state index contributed by atoms with van der Waals surface area (Å²) in [6.45, 7) is 3.07. The van der Waals surface area contributed by atoms with E-state index >= 15 is 0 Å². The molecule has 0 saturated heterocycles. The van der Waals surface area contributed by atoms with Crippen LogP contribution in [0.3, 0.4) is 0 Å². The minimum atomic E-state index is -5.05. The fraction of sp³-hybridized carbons (Fsp3) is 0.538. The average Bonchev–Trinajstić information content (AvgIpc) is 2.50. The van der Waals surface area contributed by atoms with E-state index in [0.717, 1.165) is 11.1 Å². The first-order chi connectivity index (χ1) is 11.8. The highest BCUT2D eigenvalue weighted by atomic mass is 31.3. The molecule has 0 unspecified atom stereocenters. The van der Waals surface area contributed by atoms with Crippen LogP contribution >= 0.6 is 15.6 Å². The van der Waals surface area contributed by atoms with Gasteiger partial charge in [0.25, 0.3) is 0 Å². The van der Waals surface area contributed by atoms with Crippen LogP contribution in [0.15, 0.2) is 18.2 Å². The van der Waals surface area contributed by atoms with Crippen molar-refractivity contribution in [3.8, 4) is 5.75 Å². The van der Waals surface area contributed by atoms with Crippen LogP contribution in [0.2, 0.25) is 0 Å². The molecular formula is C13H24O11P2. The molecule has 11 nitrogen and oxygen atoms in total. The number of aryl methyl sites for hydroxylation is 1. The van der Waals surface area contributed by atoms with E-state index in [1.54, 1.807) is 0 Å². The number of phosphoric acid groups is 2. The van der Waals surface area contributed by atoms with Gasteiger partial charge in [-0.15, -0.1) is 0 Å². The van der Waals surface area contributed by atoms with Crippen molar-refractivity contribution in [2.45, 2.75) is 13.8 Å². The zero-order valence-corrected chi connectivity index (χ0v) is 16.0. The molecule has 0 radical (unpaired) electrons. The largest absolute Gasteiger partial charge is 0.492 e. The second-order valence-electron chi connectivity index (χ2n) is 5.52. The van der Waals surface area contributed by atoms with Crippen LogP contribution in [0, 0.1) is 19.3 Å². The Morgan fingerprint density at radius 1 is 0.923 bits per heavy atom. The monoisotopic (exact) mass is 418 g/mol. The fourth-order valence-electron chi connectivity index (χ4n) is 1.54. The molecule has 0 bridgehead atoms. The molecule has 13 heteroatoms. The number of benzene rings is 1. The maximum absolute atomic E-state index is 9.63. The van der Waals surface area contributed by atoms with Crippen molar-refractivity contribution in [2.75, 3.05) is 26.4 Å². The topological polar surface area (TPSA) is 194 Å². The Hall–Kier alpha value is -0.840. The summed E-state index contributed by atoms with van der Waals surface area (Å²) in [5.41, 5.74) is 1.15. The molecule has 0 atom stereocenters. The van der Waals surface area contributed by atoms with Crippen LogP contribution in [0.5, 0.6) is 5.75 Å². The van der Waals surface area contributed by atoms with Gasteiger partial charge < -0.3 is 39.6 Å². The van der Waals surface area contributed by atoms with Gasteiger partial charge in [0.1, 0.15) is 12.4 Å². The van der Waals surface area contributed by atoms with Gasteiger partial charge >= 0.3 is 15.6 Å². The number of aliphatic hydroxyl groups is 3. The smallest absolute Gasteiger partial charge is 0.478 e. The van der Waals surface area contributed by atoms with Crippen LogP contribution in [0.1, 0.15) is 11.1 Å². The van der Waals surface area contributed by atoms with Gasteiger partial charge in [-0.05, 0) is 31.0 Å². The first-order valence-electron chi connectivity index (χ1n) is 7.13. The van der Waals surface area contributed by atoms with Gasteiger partial charge in [0.2, 0.25) is 0 Å². The van der Waals surface area contributed by atoms with Gasteiger partial charge in [0, 0.05) is 0 Å². The summed E-state index contributed by atoms with van der Waals surface area (Å²) >= 11 is 0. The fourth-order valence-corrected chi connectivity index (χ4v) is 2.65. The second-order valence-corrected chi connectivity index (χ2v) is 8.14. The predicted molar refractivity (Wildman–Crippen MR) is 90.3 cm³/mol. The molecule has 152 valence electrons. The molecule has 0 amide bonds. The van der Waals surface area contributed by atoms with Crippen molar-refractivity contribution in [1.82, 2.24) is 0 Å². The van der Waals surface area contributed by atoms with Crippen molar-refractivity contribution >= 4 is 15.6 Å². The highest BCUT2D eigenvalue weighted by Crippen LogP contribution is 2.53. The van der Waals surface area contributed by atoms with E-state index < -0.39 is 21.1 Å². The molecule has 0 heterocycles. The molecule has 0 fully saturated rings. The molecule has 0 spiro atoms. The Morgan fingerprint density at radius 3 is 1.73 bits per heavy atom. The molecule has 0 aliphatic carbocycles. The maximum atomic E-state index is 9.63. The lowest BCUT2D eigenvalue weighted by atomic mass is 9.92. The van der Waals surface area contributed by atoms with Crippen LogP contribution in [0.4, 0.5) is 0 Å². The van der Waals surface area contributed by atoms with E-state index in [1.165, 1.54) is 0 Å². The summed E-state index contributed by atoms with van der Waals surface area (Å²) in [5.74, 6) is 0.713. The van der Waals surface area contributed by atoms with E-state index in [0.29, 0.717) is 5.75 Å². The van der Waals surface area contributed by atoms with Gasteiger partial charge in [-0.3, -0.25) is 0 Å². The number of rotatable bonds is 8. The molecule has 0 saturated carbocycles. The van der Waals surface area contributed by atoms with Crippen LogP contribution in [-0.2, 0) is 13.4 Å². The van der Waals surface area contributed by atoms with Crippen LogP contribution in [-0.4, -0.2) is 61.3 Å². The molecule has 1 rings (SSSR count). The second kappa shape index (κ2) is 10.5. The molecule has 0 aromatic heterocycles. The lowest BCUT2D eigenvalue weighted by Gasteiger charge is -2.27. The summed E-state index contributed by atoms with van der Waals surface area (Å²) < 4.78 is 27.8. The minimum absolute atomic E-state index is 0.0841. The lowest BCUT2D eigenvalue weighted by Crippen LogP contribution is -2.39. The Labute approximate surface area is 150 Å². The normalized spacial score (nSPS) is 12.3. The van der Waals surface area contributed by atoms with Gasteiger partial charge in [-0.2, -0.15) is 4.31 Å². The first-order valence-corrected chi connectivity index (χ1v) is 10.2. The molecule has 0 aliphatic rings. The van der Waals surface area contributed by atoms with Crippen molar-refractivity contribution in [3.05, 3.63) is 29.3 Å². The van der Waals surface area contributed by atoms with Crippen LogP contribution in [0.25, 0.3) is 0 Å². The number of hydrogen-bond donors (Lipinski definition) is 7. The summed E-state index contributed by atoms with van der Waals surface area (Å²) in [5, 5.41) is 27.5. The predicted octanol–water partition coefficient (Wildman–Crippen LogP) is -0.166. The SMILES string of the molecule is Cc1cccc(OCC(CO)(CO)CO)c1C.O=P(O)(O)OP(=O)(O)O. The first kappa shape index (κ1) is 25.2. The van der Waals surface area contributed by atoms with Crippen LogP contribution < -0.4 is 4.74 Å². The van der Waals surface area contributed by atoms with Gasteiger partial charge in [-0.25, -0.2) is 9.13 Å². The molecule has 26 heavy (non-hydrogen) atoms. The van der Waals surface area contributed by atoms with Gasteiger partial charge in [0.05, 0.1) is 25.2 Å². The third kappa shape index (κ3) is 9.75. The van der Waals surface area contributed by atoms with Crippen molar-refractivity contribution < 1.29 is 53.1 Å². The number of aliphatic hydroxyl groups excluding tert-OH is 3. The highest BCUT2D eigenvalue weighted by Gasteiger charge is 2.29. The van der Waals surface area contributed by atoms with E-state index in [4.69, 9.17) is 24.3 Å². The molecule has 0 aliphatic heterocycles. The lowest BCUT2D eigenvalue weighted by molar-refractivity contribution is -0.0260. The Kier molecular flexibility index (Phi) is 10.1. The van der Waals surface area contributed by atoms with Crippen molar-refractivity contribution in [3.63, 3.8) is 0 Å². The van der Waals surface area contributed by atoms with E-state index in [1.807, 2.05) is 32.0 Å². The van der Waals surface area contributed by atoms with Crippen molar-refractivity contribution in [2.24, 2.45) is 5.41 Å². The number of ether oxygens (including phenoxy) is 1. The molecular weight excluding hydrogens is 394 g/mol. The number of hydrogen-bond acceptors (Lipinski definition) is 7. The minimum Gasteiger partial charge on any atom is -0.492 e. The maximum Gasteiger partial charge on any atom is 0.478 e.